The number of rotatable bonds is 19. The van der Waals surface area contributed by atoms with Crippen LogP contribution < -0.4 is 5.73 Å². The van der Waals surface area contributed by atoms with Gasteiger partial charge in [-0.05, 0) is 25.3 Å². The van der Waals surface area contributed by atoms with E-state index in [1.807, 2.05) is 0 Å². The smallest absolute Gasteiger partial charge is 0.404 e. The van der Waals surface area contributed by atoms with Gasteiger partial charge in [-0.3, -0.25) is 28.8 Å². The Labute approximate surface area is 258 Å². The van der Waals surface area contributed by atoms with Gasteiger partial charge < -0.3 is 15.6 Å². The van der Waals surface area contributed by atoms with Crippen LogP contribution in [0.3, 0.4) is 0 Å². The Bertz CT molecular complexity index is 1290. The van der Waals surface area contributed by atoms with E-state index < -0.39 is 86.6 Å². The highest BCUT2D eigenvalue weighted by molar-refractivity contribution is 8.00. The number of thioether (sulfide) groups is 1. The lowest BCUT2D eigenvalue weighted by Crippen LogP contribution is -2.77. The molecule has 26 heteroatoms. The largest absolute Gasteiger partial charge is 0.477 e. The molecule has 2 atom stereocenters. The summed E-state index contributed by atoms with van der Waals surface area (Å²) in [6.45, 7) is -0.289. The molecule has 0 saturated carbocycles. The van der Waals surface area contributed by atoms with Crippen molar-refractivity contribution < 1.29 is 81.6 Å². The highest BCUT2D eigenvalue weighted by atomic mass is 32.2. The lowest BCUT2D eigenvalue weighted by Gasteiger charge is -2.54. The molecule has 2 unspecified atom stereocenters. The van der Waals surface area contributed by atoms with E-state index >= 15 is 0 Å². The van der Waals surface area contributed by atoms with Crippen LogP contribution in [0.15, 0.2) is 16.4 Å². The lowest BCUT2D eigenvalue weighted by molar-refractivity contribution is -0.255. The molecular weight excluding hydrogens is 678 g/mol. The molecule has 254 valence electrons. The Morgan fingerprint density at radius 2 is 1.64 bits per heavy atom. The fraction of sp³-hybridized carbons (Fsp3) is 0.684. The van der Waals surface area contributed by atoms with Crippen LogP contribution in [0.2, 0.25) is 0 Å². The highest BCUT2D eigenvalue weighted by Gasteiger charge is 2.70. The molecule has 2 aliphatic heterocycles. The number of fused-ring (bicyclic) bond motifs is 1. The zero-order chi connectivity index (χ0) is 34.2. The maximum atomic E-state index is 13.7. The normalized spacial score (nSPS) is 20.2. The van der Waals surface area contributed by atoms with Crippen LogP contribution >= 0.6 is 27.0 Å². The Balaban J connectivity index is 2.40. The number of nitrogens with zero attached hydrogens (tertiary/aromatic N) is 5. The molecule has 2 aliphatic rings. The Morgan fingerprint density at radius 3 is 2.07 bits per heavy atom. The Morgan fingerprint density at radius 1 is 1.13 bits per heavy atom. The van der Waals surface area contributed by atoms with Crippen LogP contribution in [-0.2, 0) is 66.5 Å². The number of hydrogen-bond acceptors (Lipinski definition) is 18. The number of nitrogens with two attached hydrogens (primary N) is 1. The molecule has 23 nitrogen and oxygen atoms in total. The number of aliphatic carboxylic acids is 1. The van der Waals surface area contributed by atoms with Gasteiger partial charge in [0.25, 0.3) is 11.8 Å². The molecule has 0 radical (unpaired) electrons. The summed E-state index contributed by atoms with van der Waals surface area (Å²) in [5.74, 6) is -4.60. The first-order chi connectivity index (χ1) is 21.1. The number of ether oxygens (including phenoxy) is 1. The first kappa shape index (κ1) is 38.4. The molecule has 3 amide bonds. The van der Waals surface area contributed by atoms with Crippen LogP contribution in [0.5, 0.6) is 0 Å². The number of carboxylic acid groups (broad SMARTS) is 1. The SMILES string of the molecule is COOP(=O)(OOC)C(C)(CCCN(O)C(=O)C1(N=[N+]=[N-])C(=O)N2C(C(=O)O)=C(COC(N)=O)CSC21)P(=O)(OOC)OOC. The fourth-order valence-corrected chi connectivity index (χ4v) is 9.66. The number of hydrogen-bond donors (Lipinski definition) is 3. The molecule has 1 saturated heterocycles. The molecule has 45 heavy (non-hydrogen) atoms. The van der Waals surface area contributed by atoms with Crippen molar-refractivity contribution in [3.8, 4) is 0 Å². The quantitative estimate of drug-likeness (QED) is 0.0198. The van der Waals surface area contributed by atoms with Crippen LogP contribution in [0.1, 0.15) is 19.8 Å². The molecule has 4 N–H and O–H groups in total. The summed E-state index contributed by atoms with van der Waals surface area (Å²) in [6, 6.07) is 0. The number of carbonyl (C=O) groups is 4. The summed E-state index contributed by atoms with van der Waals surface area (Å²) in [6.07, 6.45) is -2.27. The molecule has 0 bridgehead atoms. The first-order valence-corrected chi connectivity index (χ1v) is 16.2. The van der Waals surface area contributed by atoms with Gasteiger partial charge in [-0.15, -0.1) is 30.5 Å². The van der Waals surface area contributed by atoms with Crippen LogP contribution in [0.4, 0.5) is 4.79 Å². The number of hydroxylamine groups is 2. The second-order valence-electron chi connectivity index (χ2n) is 8.87. The monoisotopic (exact) mass is 708 g/mol. The van der Waals surface area contributed by atoms with E-state index in [0.29, 0.717) is 4.90 Å². The third-order valence-electron chi connectivity index (χ3n) is 6.37. The van der Waals surface area contributed by atoms with Gasteiger partial charge in [0.1, 0.15) is 17.7 Å². The molecule has 0 aromatic rings. The second kappa shape index (κ2) is 15.6. The minimum absolute atomic E-state index is 0.0145. The van der Waals surface area contributed by atoms with Crippen LogP contribution in [0, 0.1) is 0 Å². The van der Waals surface area contributed by atoms with Gasteiger partial charge in [0.05, 0.1) is 28.4 Å². The molecule has 0 aromatic heterocycles. The maximum absolute atomic E-state index is 13.7. The Kier molecular flexibility index (Phi) is 13.3. The lowest BCUT2D eigenvalue weighted by atomic mass is 9.86. The summed E-state index contributed by atoms with van der Waals surface area (Å²) in [4.78, 5) is 68.4. The second-order valence-corrected chi connectivity index (χ2v) is 14.8. The zero-order valence-electron chi connectivity index (χ0n) is 24.2. The number of primary amides is 1. The predicted octanol–water partition coefficient (Wildman–Crippen LogP) is 1.80. The van der Waals surface area contributed by atoms with Gasteiger partial charge in [-0.2, -0.15) is 0 Å². The fourth-order valence-electron chi connectivity index (χ4n) is 4.30. The van der Waals surface area contributed by atoms with E-state index in [2.05, 4.69) is 34.3 Å². The van der Waals surface area contributed by atoms with E-state index in [1.165, 1.54) is 0 Å². The summed E-state index contributed by atoms with van der Waals surface area (Å²) in [7, 11) is -5.92. The molecule has 2 rings (SSSR count). The van der Waals surface area contributed by atoms with Crippen molar-refractivity contribution in [2.75, 3.05) is 47.3 Å². The van der Waals surface area contributed by atoms with Crippen molar-refractivity contribution in [1.82, 2.24) is 9.96 Å². The minimum atomic E-state index is -4.84. The minimum Gasteiger partial charge on any atom is -0.477 e. The van der Waals surface area contributed by atoms with E-state index in [0.717, 1.165) is 47.1 Å². The molecule has 0 aromatic carbocycles. The van der Waals surface area contributed by atoms with Gasteiger partial charge in [0.15, 0.2) is 4.90 Å². The van der Waals surface area contributed by atoms with E-state index in [1.54, 1.807) is 0 Å². The number of amides is 3. The van der Waals surface area contributed by atoms with Crippen molar-refractivity contribution in [2.45, 2.75) is 35.6 Å². The molecule has 1 fully saturated rings. The number of azide groups is 1. The number of β-lactam (4-membered cyclic amide) rings is 1. The first-order valence-electron chi connectivity index (χ1n) is 12.1. The summed E-state index contributed by atoms with van der Waals surface area (Å²) in [5, 5.41) is 22.3. The third kappa shape index (κ3) is 7.13. The van der Waals surface area contributed by atoms with Crippen molar-refractivity contribution in [3.05, 3.63) is 21.7 Å². The number of carbonyl (C=O) groups excluding carboxylic acids is 3. The molecular formula is C19H30N6O17P2S. The van der Waals surface area contributed by atoms with Crippen LogP contribution in [-0.4, -0.2) is 107 Å². The van der Waals surface area contributed by atoms with E-state index in [9.17, 15) is 44.2 Å². The topological polar surface area (TPSA) is 307 Å². The summed E-state index contributed by atoms with van der Waals surface area (Å²) >= 11 is 0.780. The Hall–Kier alpha value is -2.82. The molecule has 0 aliphatic carbocycles. The zero-order valence-corrected chi connectivity index (χ0v) is 26.9. The summed E-state index contributed by atoms with van der Waals surface area (Å²) < 4.78 is 51.0. The van der Waals surface area contributed by atoms with Gasteiger partial charge in [0.2, 0.25) is 5.54 Å². The standard InChI is InChI=1S/C19H30N6O17P2S/c1-18(43(32,39-34-2)40-35-3,44(33,41-36-4)42-37-5)7-6-8-24(31)14(28)19(22-23-21)15(29)25-12(13(26)27)11(9-38-17(20)30)10-45-16(19)25/h16,31H,6-10H2,1-5H3,(H2,20,30)(H,26,27). The predicted molar refractivity (Wildman–Crippen MR) is 144 cm³/mol. The molecule has 0 spiro atoms. The highest BCUT2D eigenvalue weighted by Crippen LogP contribution is 2.79. The maximum Gasteiger partial charge on any atom is 0.404 e. The third-order valence-corrected chi connectivity index (χ3v) is 13.4. The average molecular weight is 708 g/mol. The van der Waals surface area contributed by atoms with E-state index in [4.69, 9.17) is 24.4 Å². The van der Waals surface area contributed by atoms with Crippen LogP contribution in [0.25, 0.3) is 10.4 Å². The number of carboxylic acids is 1. The van der Waals surface area contributed by atoms with Gasteiger partial charge >= 0.3 is 27.3 Å². The molecule has 2 heterocycles. The van der Waals surface area contributed by atoms with Crippen molar-refractivity contribution in [2.24, 2.45) is 10.8 Å². The van der Waals surface area contributed by atoms with Gasteiger partial charge in [-0.1, -0.05) is 5.11 Å². The summed E-state index contributed by atoms with van der Waals surface area (Å²) in [5.41, 5.74) is 10.8. The van der Waals surface area contributed by atoms with Gasteiger partial charge in [0, 0.05) is 22.8 Å². The van der Waals surface area contributed by atoms with Crippen molar-refractivity contribution in [1.29, 1.82) is 0 Å². The van der Waals surface area contributed by atoms with Gasteiger partial charge in [-0.25, -0.2) is 34.2 Å². The van der Waals surface area contributed by atoms with Crippen molar-refractivity contribution >= 4 is 50.8 Å². The average Bonchev–Trinajstić information content (AvgIpc) is 2.97. The van der Waals surface area contributed by atoms with E-state index in [-0.39, 0.29) is 16.4 Å². The van der Waals surface area contributed by atoms with Crippen molar-refractivity contribution in [3.63, 3.8) is 0 Å².